The second-order valence-corrected chi connectivity index (χ2v) is 4.54. The van der Waals surface area contributed by atoms with Gasteiger partial charge < -0.3 is 4.57 Å². The lowest BCUT2D eigenvalue weighted by molar-refractivity contribution is 0.560. The zero-order valence-electron chi connectivity index (χ0n) is 9.48. The molecule has 0 spiro atoms. The summed E-state index contributed by atoms with van der Waals surface area (Å²) in [6.45, 7) is 0.463. The molecule has 0 saturated heterocycles. The lowest BCUT2D eigenvalue weighted by Gasteiger charge is -2.06. The molecule has 0 atom stereocenters. The summed E-state index contributed by atoms with van der Waals surface area (Å²) in [5.41, 5.74) is 1.60. The molecule has 2 nitrogen and oxygen atoms in total. The van der Waals surface area contributed by atoms with Gasteiger partial charge in [-0.05, 0) is 30.3 Å². The number of hydrogen-bond acceptors (Lipinski definition) is 1. The van der Waals surface area contributed by atoms with Crippen LogP contribution in [0.3, 0.4) is 0 Å². The number of rotatable bonds is 2. The van der Waals surface area contributed by atoms with E-state index in [4.69, 9.17) is 11.6 Å². The lowest BCUT2D eigenvalue weighted by Crippen LogP contribution is -2.01. The Morgan fingerprint density at radius 2 is 2.11 bits per heavy atom. The molecule has 2 heterocycles. The van der Waals surface area contributed by atoms with Crippen LogP contribution >= 0.6 is 11.6 Å². The third kappa shape index (κ3) is 1.97. The first kappa shape index (κ1) is 11.2. The van der Waals surface area contributed by atoms with Gasteiger partial charge in [0.15, 0.2) is 0 Å². The standard InChI is InChI=1S/C14H10ClFN2/c15-12-3-4-13-10(8-12)5-7-18(13)9-11-2-1-6-17-14(11)16/h1-8H,9H2. The number of halogens is 2. The third-order valence-electron chi connectivity index (χ3n) is 2.91. The number of fused-ring (bicyclic) bond motifs is 1. The molecule has 0 saturated carbocycles. The maximum atomic E-state index is 13.5. The fourth-order valence-corrected chi connectivity index (χ4v) is 2.21. The molecule has 0 fully saturated rings. The molecule has 0 N–H and O–H groups in total. The molecular formula is C14H10ClFN2. The van der Waals surface area contributed by atoms with Crippen molar-refractivity contribution in [2.24, 2.45) is 0 Å². The molecule has 0 aliphatic carbocycles. The minimum atomic E-state index is -0.423. The number of nitrogens with zero attached hydrogens (tertiary/aromatic N) is 2. The van der Waals surface area contributed by atoms with Gasteiger partial charge >= 0.3 is 0 Å². The second kappa shape index (κ2) is 4.42. The summed E-state index contributed by atoms with van der Waals surface area (Å²) in [5.74, 6) is -0.423. The fraction of sp³-hybridized carbons (Fsp3) is 0.0714. The average Bonchev–Trinajstić information content (AvgIpc) is 2.74. The first-order valence-electron chi connectivity index (χ1n) is 5.58. The van der Waals surface area contributed by atoms with E-state index in [0.29, 0.717) is 17.1 Å². The monoisotopic (exact) mass is 260 g/mol. The van der Waals surface area contributed by atoms with Crippen LogP contribution in [0.25, 0.3) is 10.9 Å². The molecule has 2 aromatic heterocycles. The highest BCUT2D eigenvalue weighted by Crippen LogP contribution is 2.21. The number of aromatic nitrogens is 2. The van der Waals surface area contributed by atoms with Crippen LogP contribution < -0.4 is 0 Å². The van der Waals surface area contributed by atoms with Crippen LogP contribution in [0.5, 0.6) is 0 Å². The summed E-state index contributed by atoms with van der Waals surface area (Å²) in [6, 6.07) is 11.1. The van der Waals surface area contributed by atoms with Gasteiger partial charge in [-0.3, -0.25) is 0 Å². The van der Waals surface area contributed by atoms with Crippen molar-refractivity contribution in [3.63, 3.8) is 0 Å². The molecule has 0 bridgehead atoms. The number of benzene rings is 1. The largest absolute Gasteiger partial charge is 0.343 e. The van der Waals surface area contributed by atoms with E-state index in [9.17, 15) is 4.39 Å². The maximum absolute atomic E-state index is 13.5. The van der Waals surface area contributed by atoms with Crippen molar-refractivity contribution in [1.29, 1.82) is 0 Å². The van der Waals surface area contributed by atoms with Gasteiger partial charge in [0.25, 0.3) is 0 Å². The minimum absolute atomic E-state index is 0.423. The minimum Gasteiger partial charge on any atom is -0.343 e. The zero-order valence-corrected chi connectivity index (χ0v) is 10.2. The van der Waals surface area contributed by atoms with Crippen molar-refractivity contribution in [2.75, 3.05) is 0 Å². The van der Waals surface area contributed by atoms with Crippen LogP contribution in [-0.4, -0.2) is 9.55 Å². The fourth-order valence-electron chi connectivity index (χ4n) is 2.03. The van der Waals surface area contributed by atoms with Crippen LogP contribution in [0, 0.1) is 5.95 Å². The van der Waals surface area contributed by atoms with Crippen LogP contribution in [-0.2, 0) is 6.54 Å². The Balaban J connectivity index is 2.03. The molecule has 0 aliphatic heterocycles. The van der Waals surface area contributed by atoms with E-state index in [1.807, 2.05) is 35.0 Å². The predicted molar refractivity (Wildman–Crippen MR) is 70.2 cm³/mol. The van der Waals surface area contributed by atoms with Crippen LogP contribution in [0.15, 0.2) is 48.8 Å². The van der Waals surface area contributed by atoms with E-state index in [1.165, 1.54) is 6.20 Å². The van der Waals surface area contributed by atoms with Gasteiger partial charge in [-0.15, -0.1) is 0 Å². The van der Waals surface area contributed by atoms with Gasteiger partial charge in [-0.2, -0.15) is 4.39 Å². The molecule has 18 heavy (non-hydrogen) atoms. The number of hydrogen-bond donors (Lipinski definition) is 0. The van der Waals surface area contributed by atoms with Crippen molar-refractivity contribution in [3.05, 3.63) is 65.3 Å². The highest BCUT2D eigenvalue weighted by molar-refractivity contribution is 6.31. The topological polar surface area (TPSA) is 17.8 Å². The molecule has 3 rings (SSSR count). The van der Waals surface area contributed by atoms with E-state index >= 15 is 0 Å². The highest BCUT2D eigenvalue weighted by Gasteiger charge is 2.06. The molecule has 0 aliphatic rings. The Kier molecular flexibility index (Phi) is 2.76. The molecule has 0 unspecified atom stereocenters. The molecule has 90 valence electrons. The molecule has 3 aromatic rings. The van der Waals surface area contributed by atoms with Gasteiger partial charge in [0.2, 0.25) is 5.95 Å². The van der Waals surface area contributed by atoms with Crippen molar-refractivity contribution >= 4 is 22.5 Å². The van der Waals surface area contributed by atoms with E-state index in [-0.39, 0.29) is 0 Å². The Labute approximate surface area is 109 Å². The van der Waals surface area contributed by atoms with Gasteiger partial charge in [-0.1, -0.05) is 17.7 Å². The summed E-state index contributed by atoms with van der Waals surface area (Å²) < 4.78 is 15.5. The summed E-state index contributed by atoms with van der Waals surface area (Å²) >= 11 is 5.93. The van der Waals surface area contributed by atoms with Crippen LogP contribution in [0.1, 0.15) is 5.56 Å². The first-order valence-corrected chi connectivity index (χ1v) is 5.95. The SMILES string of the molecule is Fc1ncccc1Cn1ccc2cc(Cl)ccc21. The van der Waals surface area contributed by atoms with E-state index < -0.39 is 5.95 Å². The Bertz CT molecular complexity index is 706. The molecule has 0 radical (unpaired) electrons. The molecule has 1 aromatic carbocycles. The summed E-state index contributed by atoms with van der Waals surface area (Å²) in [5, 5.41) is 1.75. The van der Waals surface area contributed by atoms with Crippen molar-refractivity contribution in [1.82, 2.24) is 9.55 Å². The average molecular weight is 261 g/mol. The Hall–Kier alpha value is -1.87. The van der Waals surface area contributed by atoms with Gasteiger partial charge in [0, 0.05) is 33.9 Å². The summed E-state index contributed by atoms with van der Waals surface area (Å²) in [6.07, 6.45) is 3.37. The zero-order chi connectivity index (χ0) is 12.5. The normalized spacial score (nSPS) is 11.0. The third-order valence-corrected chi connectivity index (χ3v) is 3.15. The summed E-state index contributed by atoms with van der Waals surface area (Å²) in [4.78, 5) is 3.65. The molecule has 4 heteroatoms. The lowest BCUT2D eigenvalue weighted by atomic mass is 10.2. The molecular weight excluding hydrogens is 251 g/mol. The smallest absolute Gasteiger partial charge is 0.217 e. The summed E-state index contributed by atoms with van der Waals surface area (Å²) in [7, 11) is 0. The first-order chi connectivity index (χ1) is 8.74. The Morgan fingerprint density at radius 3 is 2.94 bits per heavy atom. The van der Waals surface area contributed by atoms with Crippen molar-refractivity contribution in [2.45, 2.75) is 6.54 Å². The van der Waals surface area contributed by atoms with E-state index in [2.05, 4.69) is 4.98 Å². The van der Waals surface area contributed by atoms with Crippen molar-refractivity contribution < 1.29 is 4.39 Å². The number of pyridine rings is 1. The Morgan fingerprint density at radius 1 is 1.22 bits per heavy atom. The molecule has 0 amide bonds. The van der Waals surface area contributed by atoms with Crippen LogP contribution in [0.2, 0.25) is 5.02 Å². The second-order valence-electron chi connectivity index (χ2n) is 4.10. The highest BCUT2D eigenvalue weighted by atomic mass is 35.5. The van der Waals surface area contributed by atoms with Gasteiger partial charge in [-0.25, -0.2) is 4.98 Å². The maximum Gasteiger partial charge on any atom is 0.217 e. The van der Waals surface area contributed by atoms with Gasteiger partial charge in [0.05, 0.1) is 6.54 Å². The van der Waals surface area contributed by atoms with Crippen molar-refractivity contribution in [3.8, 4) is 0 Å². The van der Waals surface area contributed by atoms with E-state index in [1.54, 1.807) is 12.1 Å². The quantitative estimate of drug-likeness (QED) is 0.640. The van der Waals surface area contributed by atoms with Crippen LogP contribution in [0.4, 0.5) is 4.39 Å². The van der Waals surface area contributed by atoms with Gasteiger partial charge in [0.1, 0.15) is 0 Å². The predicted octanol–water partition coefficient (Wildman–Crippen LogP) is 3.88. The van der Waals surface area contributed by atoms with E-state index in [0.717, 1.165) is 10.9 Å².